The highest BCUT2D eigenvalue weighted by Crippen LogP contribution is 2.31. The predicted molar refractivity (Wildman–Crippen MR) is 80.6 cm³/mol. The summed E-state index contributed by atoms with van der Waals surface area (Å²) in [5.41, 5.74) is 8.97. The SMILES string of the molecule is CCc1nn(C)cc1C1C(N)CCCCN1CCOC. The Morgan fingerprint density at radius 3 is 2.95 bits per heavy atom. The molecule has 0 radical (unpaired) electrons. The van der Waals surface area contributed by atoms with Crippen molar-refractivity contribution in [2.24, 2.45) is 12.8 Å². The van der Waals surface area contributed by atoms with Gasteiger partial charge in [-0.3, -0.25) is 9.58 Å². The molecule has 0 amide bonds. The largest absolute Gasteiger partial charge is 0.383 e. The van der Waals surface area contributed by atoms with Crippen molar-refractivity contribution in [3.63, 3.8) is 0 Å². The number of ether oxygens (including phenoxy) is 1. The molecule has 1 fully saturated rings. The fraction of sp³-hybridized carbons (Fsp3) is 0.800. The van der Waals surface area contributed by atoms with Crippen molar-refractivity contribution in [1.82, 2.24) is 14.7 Å². The van der Waals surface area contributed by atoms with E-state index in [9.17, 15) is 0 Å². The second kappa shape index (κ2) is 7.20. The monoisotopic (exact) mass is 280 g/mol. The minimum Gasteiger partial charge on any atom is -0.383 e. The molecule has 1 aliphatic heterocycles. The molecule has 5 nitrogen and oxygen atoms in total. The van der Waals surface area contributed by atoms with Crippen LogP contribution in [0.5, 0.6) is 0 Å². The van der Waals surface area contributed by atoms with E-state index in [0.29, 0.717) is 0 Å². The van der Waals surface area contributed by atoms with Crippen molar-refractivity contribution in [2.75, 3.05) is 26.8 Å². The first-order valence-electron chi connectivity index (χ1n) is 7.68. The predicted octanol–water partition coefficient (Wildman–Crippen LogP) is 1.48. The molecule has 2 unspecified atom stereocenters. The molecule has 1 aromatic heterocycles. The number of nitrogens with zero attached hydrogens (tertiary/aromatic N) is 3. The molecule has 0 saturated carbocycles. The van der Waals surface area contributed by atoms with Crippen LogP contribution in [0.2, 0.25) is 0 Å². The van der Waals surface area contributed by atoms with E-state index in [2.05, 4.69) is 23.1 Å². The average molecular weight is 280 g/mol. The standard InChI is InChI=1S/C15H28N4O/c1-4-14-12(11-18(2)17-14)15-13(16)7-5-6-8-19(15)9-10-20-3/h11,13,15H,4-10,16H2,1-3H3. The number of hydrogen-bond acceptors (Lipinski definition) is 4. The Morgan fingerprint density at radius 1 is 1.45 bits per heavy atom. The van der Waals surface area contributed by atoms with Gasteiger partial charge in [0.2, 0.25) is 0 Å². The number of nitrogens with two attached hydrogens (primary N) is 1. The lowest BCUT2D eigenvalue weighted by Crippen LogP contribution is -2.41. The molecule has 1 saturated heterocycles. The maximum absolute atomic E-state index is 6.49. The van der Waals surface area contributed by atoms with Gasteiger partial charge in [-0.15, -0.1) is 0 Å². The number of aromatic nitrogens is 2. The molecule has 2 heterocycles. The summed E-state index contributed by atoms with van der Waals surface area (Å²) in [6.07, 6.45) is 6.62. The van der Waals surface area contributed by atoms with Crippen molar-refractivity contribution in [1.29, 1.82) is 0 Å². The van der Waals surface area contributed by atoms with E-state index in [1.165, 1.54) is 24.1 Å². The van der Waals surface area contributed by atoms with Gasteiger partial charge in [0.05, 0.1) is 18.3 Å². The molecule has 114 valence electrons. The highest BCUT2D eigenvalue weighted by molar-refractivity contribution is 5.24. The highest BCUT2D eigenvalue weighted by Gasteiger charge is 2.31. The third-order valence-corrected chi connectivity index (χ3v) is 4.21. The number of hydrogen-bond donors (Lipinski definition) is 1. The van der Waals surface area contributed by atoms with Gasteiger partial charge in [0.25, 0.3) is 0 Å². The molecule has 0 aliphatic carbocycles. The maximum Gasteiger partial charge on any atom is 0.0670 e. The third kappa shape index (κ3) is 3.40. The Bertz CT molecular complexity index is 418. The van der Waals surface area contributed by atoms with Crippen molar-refractivity contribution in [2.45, 2.75) is 44.7 Å². The van der Waals surface area contributed by atoms with Crippen molar-refractivity contribution >= 4 is 0 Å². The lowest BCUT2D eigenvalue weighted by atomic mass is 9.96. The topological polar surface area (TPSA) is 56.3 Å². The summed E-state index contributed by atoms with van der Waals surface area (Å²) in [4.78, 5) is 2.48. The third-order valence-electron chi connectivity index (χ3n) is 4.21. The van der Waals surface area contributed by atoms with Gasteiger partial charge >= 0.3 is 0 Å². The Hall–Kier alpha value is -0.910. The molecule has 0 aromatic carbocycles. The first kappa shape index (κ1) is 15.5. The van der Waals surface area contributed by atoms with Gasteiger partial charge in [-0.1, -0.05) is 13.3 Å². The lowest BCUT2D eigenvalue weighted by Gasteiger charge is -2.33. The van der Waals surface area contributed by atoms with E-state index in [1.54, 1.807) is 7.11 Å². The maximum atomic E-state index is 6.49. The molecule has 2 N–H and O–H groups in total. The Kier molecular flexibility index (Phi) is 5.57. The van der Waals surface area contributed by atoms with E-state index < -0.39 is 0 Å². The smallest absolute Gasteiger partial charge is 0.0670 e. The minimum atomic E-state index is 0.184. The Labute approximate surface area is 122 Å². The summed E-state index contributed by atoms with van der Waals surface area (Å²) in [7, 11) is 3.75. The van der Waals surface area contributed by atoms with E-state index in [1.807, 2.05) is 11.7 Å². The number of aryl methyl sites for hydroxylation is 2. The van der Waals surface area contributed by atoms with Crippen LogP contribution in [0.25, 0.3) is 0 Å². The van der Waals surface area contributed by atoms with E-state index in [4.69, 9.17) is 10.5 Å². The van der Waals surface area contributed by atoms with Crippen LogP contribution < -0.4 is 5.73 Å². The molecular formula is C15H28N4O. The molecule has 5 heteroatoms. The van der Waals surface area contributed by atoms with Gasteiger partial charge in [-0.2, -0.15) is 5.10 Å². The molecule has 0 spiro atoms. The summed E-state index contributed by atoms with van der Waals surface area (Å²) in [6.45, 7) is 4.95. The summed E-state index contributed by atoms with van der Waals surface area (Å²) in [5.74, 6) is 0. The van der Waals surface area contributed by atoms with Gasteiger partial charge in [0, 0.05) is 38.5 Å². The Morgan fingerprint density at radius 2 is 2.25 bits per heavy atom. The fourth-order valence-electron chi connectivity index (χ4n) is 3.22. The van der Waals surface area contributed by atoms with Crippen molar-refractivity contribution < 1.29 is 4.74 Å². The van der Waals surface area contributed by atoms with Crippen LogP contribution in [0.15, 0.2) is 6.20 Å². The average Bonchev–Trinajstić information content (AvgIpc) is 2.70. The first-order valence-corrected chi connectivity index (χ1v) is 7.68. The molecule has 20 heavy (non-hydrogen) atoms. The lowest BCUT2D eigenvalue weighted by molar-refractivity contribution is 0.114. The molecular weight excluding hydrogens is 252 g/mol. The first-order chi connectivity index (χ1) is 9.67. The van der Waals surface area contributed by atoms with E-state index in [0.717, 1.165) is 32.5 Å². The van der Waals surface area contributed by atoms with E-state index >= 15 is 0 Å². The van der Waals surface area contributed by atoms with Crippen LogP contribution in [0.3, 0.4) is 0 Å². The number of rotatable bonds is 5. The second-order valence-corrected chi connectivity index (χ2v) is 5.69. The molecule has 0 bridgehead atoms. The van der Waals surface area contributed by atoms with Crippen LogP contribution in [0.1, 0.15) is 43.5 Å². The van der Waals surface area contributed by atoms with E-state index in [-0.39, 0.29) is 12.1 Å². The zero-order chi connectivity index (χ0) is 14.5. The Balaban J connectivity index is 2.29. The molecule has 2 atom stereocenters. The normalized spacial score (nSPS) is 24.8. The highest BCUT2D eigenvalue weighted by atomic mass is 16.5. The molecule has 2 rings (SSSR count). The van der Waals surface area contributed by atoms with Gasteiger partial charge in [-0.25, -0.2) is 0 Å². The summed E-state index contributed by atoms with van der Waals surface area (Å²) >= 11 is 0. The van der Waals surface area contributed by atoms with Gasteiger partial charge in [-0.05, 0) is 25.8 Å². The molecule has 1 aromatic rings. The number of methoxy groups -OCH3 is 1. The summed E-state index contributed by atoms with van der Waals surface area (Å²) < 4.78 is 7.18. The zero-order valence-corrected chi connectivity index (χ0v) is 13.0. The molecule has 1 aliphatic rings. The quantitative estimate of drug-likeness (QED) is 0.887. The number of likely N-dealkylation sites (tertiary alicyclic amines) is 1. The second-order valence-electron chi connectivity index (χ2n) is 5.69. The van der Waals surface area contributed by atoms with Crippen LogP contribution in [-0.2, 0) is 18.2 Å². The van der Waals surface area contributed by atoms with Crippen LogP contribution in [-0.4, -0.2) is 47.5 Å². The van der Waals surface area contributed by atoms with Gasteiger partial charge < -0.3 is 10.5 Å². The van der Waals surface area contributed by atoms with Gasteiger partial charge in [0.1, 0.15) is 0 Å². The van der Waals surface area contributed by atoms with Crippen LogP contribution in [0.4, 0.5) is 0 Å². The van der Waals surface area contributed by atoms with Crippen molar-refractivity contribution in [3.8, 4) is 0 Å². The van der Waals surface area contributed by atoms with Crippen LogP contribution >= 0.6 is 0 Å². The minimum absolute atomic E-state index is 0.184. The van der Waals surface area contributed by atoms with Crippen LogP contribution in [0, 0.1) is 0 Å². The van der Waals surface area contributed by atoms with Gasteiger partial charge in [0.15, 0.2) is 0 Å². The zero-order valence-electron chi connectivity index (χ0n) is 13.0. The summed E-state index contributed by atoms with van der Waals surface area (Å²) in [6, 6.07) is 0.458. The van der Waals surface area contributed by atoms with Crippen molar-refractivity contribution in [3.05, 3.63) is 17.5 Å². The summed E-state index contributed by atoms with van der Waals surface area (Å²) in [5, 5.41) is 4.59. The fourth-order valence-corrected chi connectivity index (χ4v) is 3.22.